The van der Waals surface area contributed by atoms with E-state index in [9.17, 15) is 9.59 Å². The zero-order chi connectivity index (χ0) is 25.1. The number of hydrogen-bond donors (Lipinski definition) is 0. The molecular weight excluding hydrogens is 454 g/mol. The summed E-state index contributed by atoms with van der Waals surface area (Å²) in [6, 6.07) is 21.8. The quantitative estimate of drug-likeness (QED) is 0.387. The fraction of sp³-hybridized carbons (Fsp3) is 0.310. The third-order valence-electron chi connectivity index (χ3n) is 6.72. The first-order chi connectivity index (χ1) is 17.5. The molecule has 0 aliphatic carbocycles. The molecule has 36 heavy (non-hydrogen) atoms. The Balaban J connectivity index is 1.24. The van der Waals surface area contributed by atoms with Crippen LogP contribution in [0.1, 0.15) is 34.1 Å². The predicted molar refractivity (Wildman–Crippen MR) is 138 cm³/mol. The lowest BCUT2D eigenvalue weighted by Crippen LogP contribution is -2.56. The first kappa shape index (κ1) is 23.9. The third kappa shape index (κ3) is 5.06. The van der Waals surface area contributed by atoms with Gasteiger partial charge in [0.25, 0.3) is 5.91 Å². The molecular formula is C29H31N3O4. The van der Waals surface area contributed by atoms with E-state index < -0.39 is 0 Å². The zero-order valence-electron chi connectivity index (χ0n) is 20.7. The minimum absolute atomic E-state index is 0.0307. The minimum atomic E-state index is -0.0984. The Kier molecular flexibility index (Phi) is 6.91. The summed E-state index contributed by atoms with van der Waals surface area (Å²) in [4.78, 5) is 30.1. The summed E-state index contributed by atoms with van der Waals surface area (Å²) in [7, 11) is 0. The summed E-state index contributed by atoms with van der Waals surface area (Å²) in [5, 5.41) is 0.906. The normalized spacial score (nSPS) is 16.0. The van der Waals surface area contributed by atoms with Crippen LogP contribution in [0, 0.1) is 6.92 Å². The minimum Gasteiger partial charge on any atom is -0.448 e. The van der Waals surface area contributed by atoms with Crippen LogP contribution < -0.4 is 0 Å². The molecule has 1 atom stereocenters. The molecule has 0 saturated carbocycles. The van der Waals surface area contributed by atoms with Crippen molar-refractivity contribution in [3.05, 3.63) is 95.4 Å². The number of furan rings is 1. The molecule has 1 aliphatic heterocycles. The van der Waals surface area contributed by atoms with Gasteiger partial charge in [-0.25, -0.2) is 0 Å². The monoisotopic (exact) mass is 485 g/mol. The van der Waals surface area contributed by atoms with Gasteiger partial charge in [-0.2, -0.15) is 0 Å². The van der Waals surface area contributed by atoms with Crippen LogP contribution in [0.3, 0.4) is 0 Å². The van der Waals surface area contributed by atoms with Crippen LogP contribution in [0.15, 0.2) is 77.4 Å². The van der Waals surface area contributed by atoms with Crippen molar-refractivity contribution in [1.29, 1.82) is 0 Å². The molecule has 7 heteroatoms. The number of carbonyl (C=O) groups is 2. The third-order valence-corrected chi connectivity index (χ3v) is 6.72. The van der Waals surface area contributed by atoms with Crippen LogP contribution in [0.4, 0.5) is 0 Å². The van der Waals surface area contributed by atoms with Crippen LogP contribution in [0.25, 0.3) is 11.1 Å². The molecule has 7 nitrogen and oxygen atoms in total. The summed E-state index contributed by atoms with van der Waals surface area (Å²) in [6.45, 7) is 6.45. The maximum atomic E-state index is 13.6. The van der Waals surface area contributed by atoms with E-state index in [4.69, 9.17) is 9.15 Å². The molecule has 0 bridgehead atoms. The summed E-state index contributed by atoms with van der Waals surface area (Å²) < 4.78 is 13.3. The molecule has 0 unspecified atom stereocenters. The highest BCUT2D eigenvalue weighted by molar-refractivity contribution is 5.98. The van der Waals surface area contributed by atoms with Crippen LogP contribution in [-0.2, 0) is 22.7 Å². The van der Waals surface area contributed by atoms with Crippen molar-refractivity contribution < 1.29 is 18.7 Å². The number of fused-ring (bicyclic) bond motifs is 1. The average Bonchev–Trinajstić information content (AvgIpc) is 3.47. The van der Waals surface area contributed by atoms with Crippen molar-refractivity contribution in [3.63, 3.8) is 0 Å². The average molecular weight is 486 g/mol. The van der Waals surface area contributed by atoms with Crippen molar-refractivity contribution >= 4 is 22.9 Å². The molecule has 5 rings (SSSR count). The van der Waals surface area contributed by atoms with Gasteiger partial charge in [0, 0.05) is 31.1 Å². The van der Waals surface area contributed by atoms with Crippen molar-refractivity contribution in [2.45, 2.75) is 33.0 Å². The van der Waals surface area contributed by atoms with E-state index in [1.165, 1.54) is 5.56 Å². The Bertz CT molecular complexity index is 1360. The lowest BCUT2D eigenvalue weighted by atomic mass is 10.1. The van der Waals surface area contributed by atoms with Gasteiger partial charge in [-0.15, -0.1) is 0 Å². The van der Waals surface area contributed by atoms with Gasteiger partial charge >= 0.3 is 0 Å². The summed E-state index contributed by atoms with van der Waals surface area (Å²) >= 11 is 0. The molecule has 0 radical (unpaired) electrons. The Morgan fingerprint density at radius 1 is 1.00 bits per heavy atom. The number of benzene rings is 2. The molecule has 2 amide bonds. The number of aryl methyl sites for hydroxylation is 1. The number of amides is 2. The fourth-order valence-electron chi connectivity index (χ4n) is 4.89. The van der Waals surface area contributed by atoms with Gasteiger partial charge in [-0.3, -0.25) is 9.59 Å². The Labute approximate surface area is 210 Å². The standard InChI is InChI=1S/C29H31N3O4/c1-21-7-6-10-24(15-21)18-32-26(16-25-11-14-36-29(25)32)28(34)30-12-13-31(22(2)17-30)27(33)20-35-19-23-8-4-3-5-9-23/h3-11,14-16,22H,12-13,17-20H2,1-2H3/t22-/m0/s1. The summed E-state index contributed by atoms with van der Waals surface area (Å²) in [6.07, 6.45) is 1.65. The molecule has 3 heterocycles. The molecule has 4 aromatic rings. The molecule has 0 N–H and O–H groups in total. The van der Waals surface area contributed by atoms with E-state index in [2.05, 4.69) is 25.1 Å². The zero-order valence-corrected chi connectivity index (χ0v) is 20.7. The number of piperazine rings is 1. The van der Waals surface area contributed by atoms with Crippen molar-refractivity contribution in [2.24, 2.45) is 0 Å². The molecule has 186 valence electrons. The number of aromatic nitrogens is 1. The van der Waals surface area contributed by atoms with Gasteiger partial charge in [-0.1, -0.05) is 60.2 Å². The largest absolute Gasteiger partial charge is 0.448 e. The second kappa shape index (κ2) is 10.4. The predicted octanol–water partition coefficient (Wildman–Crippen LogP) is 4.48. The summed E-state index contributed by atoms with van der Waals surface area (Å²) in [5.74, 6) is -0.0980. The molecule has 1 aliphatic rings. The second-order valence-electron chi connectivity index (χ2n) is 9.45. The van der Waals surface area contributed by atoms with Gasteiger partial charge < -0.3 is 23.5 Å². The van der Waals surface area contributed by atoms with Gasteiger partial charge in [0.15, 0.2) is 0 Å². The number of rotatable bonds is 7. The fourth-order valence-corrected chi connectivity index (χ4v) is 4.89. The Hall–Kier alpha value is -3.84. The Morgan fingerprint density at radius 2 is 1.81 bits per heavy atom. The number of nitrogens with zero attached hydrogens (tertiary/aromatic N) is 3. The van der Waals surface area contributed by atoms with Crippen molar-refractivity contribution in [1.82, 2.24) is 14.4 Å². The van der Waals surface area contributed by atoms with Gasteiger partial charge in [-0.05, 0) is 37.1 Å². The first-order valence-electron chi connectivity index (χ1n) is 12.3. The lowest BCUT2D eigenvalue weighted by Gasteiger charge is -2.39. The maximum Gasteiger partial charge on any atom is 0.270 e. The van der Waals surface area contributed by atoms with Crippen LogP contribution in [0.5, 0.6) is 0 Å². The van der Waals surface area contributed by atoms with Crippen LogP contribution in [0.2, 0.25) is 0 Å². The topological polar surface area (TPSA) is 67.9 Å². The van der Waals surface area contributed by atoms with E-state index in [-0.39, 0.29) is 24.5 Å². The first-order valence-corrected chi connectivity index (χ1v) is 12.3. The van der Waals surface area contributed by atoms with Gasteiger partial charge in [0.1, 0.15) is 12.3 Å². The number of hydrogen-bond acceptors (Lipinski definition) is 4. The van der Waals surface area contributed by atoms with E-state index in [1.54, 1.807) is 6.26 Å². The van der Waals surface area contributed by atoms with E-state index in [0.717, 1.165) is 16.5 Å². The van der Waals surface area contributed by atoms with E-state index in [0.29, 0.717) is 44.2 Å². The SMILES string of the molecule is Cc1cccc(Cn2c(C(=O)N3CCN(C(=O)COCc4ccccc4)[C@@H](C)C3)cc3ccoc32)c1. The van der Waals surface area contributed by atoms with Crippen LogP contribution in [-0.4, -0.2) is 58.5 Å². The van der Waals surface area contributed by atoms with Gasteiger partial charge in [0.2, 0.25) is 11.6 Å². The van der Waals surface area contributed by atoms with Crippen molar-refractivity contribution in [2.75, 3.05) is 26.2 Å². The maximum absolute atomic E-state index is 13.6. The highest BCUT2D eigenvalue weighted by Crippen LogP contribution is 2.25. The number of carbonyl (C=O) groups excluding carboxylic acids is 2. The van der Waals surface area contributed by atoms with Gasteiger partial charge in [0.05, 0.1) is 19.4 Å². The smallest absolute Gasteiger partial charge is 0.270 e. The molecule has 0 spiro atoms. The van der Waals surface area contributed by atoms with Crippen LogP contribution >= 0.6 is 0 Å². The molecule has 1 fully saturated rings. The summed E-state index contributed by atoms with van der Waals surface area (Å²) in [5.41, 5.74) is 4.61. The van der Waals surface area contributed by atoms with E-state index >= 15 is 0 Å². The van der Waals surface area contributed by atoms with Crippen molar-refractivity contribution in [3.8, 4) is 0 Å². The molecule has 2 aromatic heterocycles. The van der Waals surface area contributed by atoms with E-state index in [1.807, 2.05) is 69.8 Å². The highest BCUT2D eigenvalue weighted by atomic mass is 16.5. The molecule has 2 aromatic carbocycles. The second-order valence-corrected chi connectivity index (χ2v) is 9.45. The Morgan fingerprint density at radius 3 is 2.58 bits per heavy atom. The lowest BCUT2D eigenvalue weighted by molar-refractivity contribution is -0.140. The number of ether oxygens (including phenoxy) is 1. The molecule has 1 saturated heterocycles. The highest BCUT2D eigenvalue weighted by Gasteiger charge is 2.32.